The fourth-order valence-corrected chi connectivity index (χ4v) is 2.68. The van der Waals surface area contributed by atoms with Crippen molar-refractivity contribution in [3.63, 3.8) is 0 Å². The van der Waals surface area contributed by atoms with E-state index < -0.39 is 21.8 Å². The Labute approximate surface area is 113 Å². The minimum Gasteiger partial charge on any atom is -0.477 e. The van der Waals surface area contributed by atoms with E-state index in [9.17, 15) is 17.6 Å². The van der Waals surface area contributed by atoms with Crippen LogP contribution < -0.4 is 4.72 Å². The van der Waals surface area contributed by atoms with E-state index in [4.69, 9.17) is 5.11 Å². The number of aryl methyl sites for hydroxylation is 1. The molecule has 9 heteroatoms. The molecule has 0 aliphatic carbocycles. The third-order valence-corrected chi connectivity index (χ3v) is 3.84. The van der Waals surface area contributed by atoms with E-state index in [1.54, 1.807) is 0 Å². The highest BCUT2D eigenvalue weighted by Gasteiger charge is 2.22. The Bertz CT molecular complexity index is 770. The average Bonchev–Trinajstić information content (AvgIpc) is 2.71. The number of aromatic nitrogens is 2. The highest BCUT2D eigenvalue weighted by atomic mass is 32.2. The topological polar surface area (TPSA) is 101 Å². The van der Waals surface area contributed by atoms with Gasteiger partial charge in [-0.25, -0.2) is 17.6 Å². The molecule has 0 amide bonds. The van der Waals surface area contributed by atoms with E-state index in [0.29, 0.717) is 0 Å². The fraction of sp³-hybridized carbons (Fsp3) is 0.0909. The summed E-state index contributed by atoms with van der Waals surface area (Å²) in [4.78, 5) is 10.7. The lowest BCUT2D eigenvalue weighted by Crippen LogP contribution is -2.17. The summed E-state index contributed by atoms with van der Waals surface area (Å²) in [7, 11) is -2.71. The van der Waals surface area contributed by atoms with Crippen LogP contribution in [0.15, 0.2) is 35.4 Å². The van der Waals surface area contributed by atoms with Crippen molar-refractivity contribution in [2.75, 3.05) is 4.72 Å². The first-order chi connectivity index (χ1) is 9.31. The Hall–Kier alpha value is -2.42. The van der Waals surface area contributed by atoms with Gasteiger partial charge in [-0.3, -0.25) is 9.40 Å². The van der Waals surface area contributed by atoms with Gasteiger partial charge in [-0.2, -0.15) is 5.10 Å². The van der Waals surface area contributed by atoms with Crippen molar-refractivity contribution in [3.8, 4) is 0 Å². The first-order valence-electron chi connectivity index (χ1n) is 5.35. The molecule has 0 saturated carbocycles. The zero-order valence-corrected chi connectivity index (χ0v) is 11.1. The highest BCUT2D eigenvalue weighted by molar-refractivity contribution is 7.92. The molecule has 0 bridgehead atoms. The SMILES string of the molecule is Cn1ncc(C(=O)O)c1NS(=O)(=O)c1cccc(F)c1. The van der Waals surface area contributed by atoms with Crippen molar-refractivity contribution in [3.05, 3.63) is 41.8 Å². The van der Waals surface area contributed by atoms with Crippen molar-refractivity contribution in [2.24, 2.45) is 7.05 Å². The Kier molecular flexibility index (Phi) is 3.45. The summed E-state index contributed by atoms with van der Waals surface area (Å²) in [6.07, 6.45) is 1.02. The molecule has 0 aliphatic heterocycles. The third kappa shape index (κ3) is 2.62. The zero-order valence-electron chi connectivity index (χ0n) is 10.2. The van der Waals surface area contributed by atoms with Crippen LogP contribution in [0.1, 0.15) is 10.4 Å². The number of hydrogen-bond donors (Lipinski definition) is 2. The molecule has 2 aromatic rings. The Morgan fingerprint density at radius 2 is 2.15 bits per heavy atom. The number of halogens is 1. The van der Waals surface area contributed by atoms with Crippen molar-refractivity contribution in [1.82, 2.24) is 9.78 Å². The second-order valence-corrected chi connectivity index (χ2v) is 5.58. The zero-order chi connectivity index (χ0) is 14.9. The standard InChI is InChI=1S/C11H10FN3O4S/c1-15-10(9(6-13-15)11(16)17)14-20(18,19)8-4-2-3-7(12)5-8/h2-6,14H,1H3,(H,16,17). The second-order valence-electron chi connectivity index (χ2n) is 3.90. The molecule has 0 atom stereocenters. The Balaban J connectivity index is 2.44. The van der Waals surface area contributed by atoms with Gasteiger partial charge in [-0.15, -0.1) is 0 Å². The Morgan fingerprint density at radius 1 is 1.45 bits per heavy atom. The molecule has 20 heavy (non-hydrogen) atoms. The molecule has 1 aromatic heterocycles. The number of anilines is 1. The molecule has 7 nitrogen and oxygen atoms in total. The summed E-state index contributed by atoms with van der Waals surface area (Å²) in [5, 5.41) is 12.6. The van der Waals surface area contributed by atoms with Crippen LogP contribution in [0.2, 0.25) is 0 Å². The Morgan fingerprint density at radius 3 is 2.75 bits per heavy atom. The highest BCUT2D eigenvalue weighted by Crippen LogP contribution is 2.19. The van der Waals surface area contributed by atoms with Gasteiger partial charge < -0.3 is 5.11 Å². The smallest absolute Gasteiger partial charge is 0.341 e. The normalized spacial score (nSPS) is 11.3. The van der Waals surface area contributed by atoms with Gasteiger partial charge in [0, 0.05) is 7.05 Å². The number of nitrogens with one attached hydrogen (secondary N) is 1. The molecular formula is C11H10FN3O4S. The summed E-state index contributed by atoms with van der Waals surface area (Å²) in [6.45, 7) is 0. The molecule has 2 rings (SSSR count). The number of benzene rings is 1. The first-order valence-corrected chi connectivity index (χ1v) is 6.83. The summed E-state index contributed by atoms with van der Waals surface area (Å²) in [5.41, 5.74) is -0.299. The number of hydrogen-bond acceptors (Lipinski definition) is 4. The van der Waals surface area contributed by atoms with E-state index in [2.05, 4.69) is 9.82 Å². The maximum absolute atomic E-state index is 13.1. The van der Waals surface area contributed by atoms with E-state index in [1.165, 1.54) is 19.2 Å². The van der Waals surface area contributed by atoms with Crippen molar-refractivity contribution < 1.29 is 22.7 Å². The number of nitrogens with zero attached hydrogens (tertiary/aromatic N) is 2. The molecular weight excluding hydrogens is 289 g/mol. The van der Waals surface area contributed by atoms with Crippen LogP contribution in [0.4, 0.5) is 10.2 Å². The summed E-state index contributed by atoms with van der Waals surface area (Å²) >= 11 is 0. The van der Waals surface area contributed by atoms with Gasteiger partial charge >= 0.3 is 5.97 Å². The van der Waals surface area contributed by atoms with Crippen molar-refractivity contribution in [1.29, 1.82) is 0 Å². The number of sulfonamides is 1. The number of carboxylic acids is 1. The molecule has 2 N–H and O–H groups in total. The lowest BCUT2D eigenvalue weighted by molar-refractivity contribution is 0.0698. The number of rotatable bonds is 4. The average molecular weight is 299 g/mol. The lowest BCUT2D eigenvalue weighted by atomic mass is 10.3. The summed E-state index contributed by atoms with van der Waals surface area (Å²) in [6, 6.07) is 4.37. The number of aromatic carboxylic acids is 1. The van der Waals surface area contributed by atoms with Crippen LogP contribution in [0.25, 0.3) is 0 Å². The third-order valence-electron chi connectivity index (χ3n) is 2.51. The van der Waals surface area contributed by atoms with Gasteiger partial charge in [0.25, 0.3) is 10.0 Å². The van der Waals surface area contributed by atoms with Crippen LogP contribution in [-0.4, -0.2) is 29.3 Å². The quantitative estimate of drug-likeness (QED) is 0.879. The van der Waals surface area contributed by atoms with Crippen LogP contribution in [0.3, 0.4) is 0 Å². The molecule has 0 aliphatic rings. The predicted molar refractivity (Wildman–Crippen MR) is 67.4 cm³/mol. The second kappa shape index (κ2) is 4.93. The predicted octanol–water partition coefficient (Wildman–Crippen LogP) is 1.06. The van der Waals surface area contributed by atoms with Gasteiger partial charge in [0.2, 0.25) is 0 Å². The van der Waals surface area contributed by atoms with E-state index in [-0.39, 0.29) is 16.3 Å². The number of carboxylic acid groups (broad SMARTS) is 1. The lowest BCUT2D eigenvalue weighted by Gasteiger charge is -2.09. The van der Waals surface area contributed by atoms with Crippen LogP contribution in [0.5, 0.6) is 0 Å². The summed E-state index contributed by atoms with van der Waals surface area (Å²) in [5.74, 6) is -2.24. The summed E-state index contributed by atoms with van der Waals surface area (Å²) < 4.78 is 40.3. The van der Waals surface area contributed by atoms with Crippen LogP contribution in [-0.2, 0) is 17.1 Å². The van der Waals surface area contributed by atoms with Gasteiger partial charge in [-0.1, -0.05) is 6.07 Å². The van der Waals surface area contributed by atoms with E-state index >= 15 is 0 Å². The molecule has 0 fully saturated rings. The molecule has 106 valence electrons. The van der Waals surface area contributed by atoms with E-state index in [0.717, 1.165) is 23.0 Å². The molecule has 1 heterocycles. The molecule has 0 spiro atoms. The number of carbonyl (C=O) groups is 1. The van der Waals surface area contributed by atoms with Gasteiger partial charge in [-0.05, 0) is 18.2 Å². The molecule has 0 unspecified atom stereocenters. The van der Waals surface area contributed by atoms with Crippen LogP contribution >= 0.6 is 0 Å². The first kappa shape index (κ1) is 14.0. The fourth-order valence-electron chi connectivity index (χ4n) is 1.54. The van der Waals surface area contributed by atoms with Gasteiger partial charge in [0.1, 0.15) is 11.4 Å². The van der Waals surface area contributed by atoms with E-state index in [1.807, 2.05) is 0 Å². The minimum atomic E-state index is -4.10. The molecule has 0 saturated heterocycles. The van der Waals surface area contributed by atoms with Gasteiger partial charge in [0.15, 0.2) is 5.82 Å². The minimum absolute atomic E-state index is 0.207. The van der Waals surface area contributed by atoms with Crippen molar-refractivity contribution >= 4 is 21.8 Å². The molecule has 1 aromatic carbocycles. The van der Waals surface area contributed by atoms with Crippen LogP contribution in [0, 0.1) is 5.82 Å². The van der Waals surface area contributed by atoms with Gasteiger partial charge in [0.05, 0.1) is 11.1 Å². The largest absolute Gasteiger partial charge is 0.477 e. The maximum atomic E-state index is 13.1. The maximum Gasteiger partial charge on any atom is 0.341 e. The molecule has 0 radical (unpaired) electrons. The van der Waals surface area contributed by atoms with Crippen molar-refractivity contribution in [2.45, 2.75) is 4.90 Å². The monoisotopic (exact) mass is 299 g/mol.